The summed E-state index contributed by atoms with van der Waals surface area (Å²) in [7, 11) is 0. The summed E-state index contributed by atoms with van der Waals surface area (Å²) in [6.45, 7) is 0.628. The Balaban J connectivity index is 2.56. The van der Waals surface area contributed by atoms with Crippen LogP contribution in [0.1, 0.15) is 0 Å². The average Bonchev–Trinajstić information content (AvgIpc) is 1.69. The Labute approximate surface area is 47.4 Å². The van der Waals surface area contributed by atoms with Crippen LogP contribution in [0.15, 0.2) is 0 Å². The van der Waals surface area contributed by atoms with Crippen molar-refractivity contribution in [3.8, 4) is 0 Å². The van der Waals surface area contributed by atoms with Gasteiger partial charge in [-0.25, -0.2) is 0 Å². The number of carbonyl (C=O) groups excluding carboxylic acids is 1. The monoisotopic (exact) mass is 121 g/mol. The fourth-order valence-corrected chi connectivity index (χ4v) is 0.230. The van der Waals surface area contributed by atoms with E-state index in [-0.39, 0.29) is 6.73 Å². The lowest BCUT2D eigenvalue weighted by molar-refractivity contribution is -0.129. The quantitative estimate of drug-likeness (QED) is 0.230. The summed E-state index contributed by atoms with van der Waals surface area (Å²) < 4.78 is 4.23. The van der Waals surface area contributed by atoms with Crippen LogP contribution in [0.2, 0.25) is 0 Å². The van der Waals surface area contributed by atoms with Gasteiger partial charge in [0.25, 0.3) is 6.47 Å². The number of nitrogens with one attached hydrogen (secondary N) is 1. The van der Waals surface area contributed by atoms with Gasteiger partial charge < -0.3 is 4.74 Å². The maximum atomic E-state index is 9.39. The lowest BCUT2D eigenvalue weighted by atomic mass is 11.1. The van der Waals surface area contributed by atoms with Gasteiger partial charge in [-0.2, -0.15) is 12.6 Å². The number of carbonyl (C=O) groups is 1. The standard InChI is InChI=1S/C3H7NO2S/c5-3-6-1-4-2-7/h3-4,7H,1-2H2. The fourth-order valence-electron chi connectivity index (χ4n) is 0.139. The number of thiol groups is 1. The Bertz CT molecular complexity index is 50.2. The molecule has 0 amide bonds. The Morgan fingerprint density at radius 1 is 1.86 bits per heavy atom. The molecule has 0 saturated carbocycles. The normalized spacial score (nSPS) is 8.14. The van der Waals surface area contributed by atoms with Gasteiger partial charge in [0.05, 0.1) is 0 Å². The minimum absolute atomic E-state index is 0.243. The van der Waals surface area contributed by atoms with Crippen LogP contribution in [0.25, 0.3) is 0 Å². The maximum absolute atomic E-state index is 9.39. The first kappa shape index (κ1) is 6.78. The third-order valence-corrected chi connectivity index (χ3v) is 0.589. The van der Waals surface area contributed by atoms with Gasteiger partial charge in [0.2, 0.25) is 0 Å². The van der Waals surface area contributed by atoms with E-state index in [9.17, 15) is 4.79 Å². The molecule has 42 valence electrons. The molecule has 0 aromatic carbocycles. The first-order valence-electron chi connectivity index (χ1n) is 1.78. The first-order valence-corrected chi connectivity index (χ1v) is 2.42. The van der Waals surface area contributed by atoms with E-state index < -0.39 is 0 Å². The molecule has 1 N–H and O–H groups in total. The van der Waals surface area contributed by atoms with E-state index >= 15 is 0 Å². The van der Waals surface area contributed by atoms with Crippen LogP contribution in [0.5, 0.6) is 0 Å². The molecule has 0 aliphatic carbocycles. The zero-order valence-electron chi connectivity index (χ0n) is 3.76. The predicted molar refractivity (Wildman–Crippen MR) is 29.0 cm³/mol. The van der Waals surface area contributed by atoms with Crippen LogP contribution < -0.4 is 5.32 Å². The third-order valence-electron chi connectivity index (χ3n) is 0.365. The van der Waals surface area contributed by atoms with Crippen LogP contribution in [0.3, 0.4) is 0 Å². The molecule has 4 heteroatoms. The van der Waals surface area contributed by atoms with Crippen molar-refractivity contribution in [2.24, 2.45) is 0 Å². The molecule has 0 aliphatic heterocycles. The van der Waals surface area contributed by atoms with Crippen molar-refractivity contribution in [2.75, 3.05) is 12.6 Å². The van der Waals surface area contributed by atoms with Gasteiger partial charge in [-0.05, 0) is 0 Å². The van der Waals surface area contributed by atoms with Crippen LogP contribution >= 0.6 is 12.6 Å². The van der Waals surface area contributed by atoms with E-state index in [1.54, 1.807) is 0 Å². The van der Waals surface area contributed by atoms with E-state index in [0.29, 0.717) is 12.3 Å². The third kappa shape index (κ3) is 5.78. The minimum Gasteiger partial charge on any atom is -0.452 e. The molecule has 0 heterocycles. The van der Waals surface area contributed by atoms with Gasteiger partial charge in [-0.15, -0.1) is 0 Å². The summed E-state index contributed by atoms with van der Waals surface area (Å²) in [6, 6.07) is 0. The highest BCUT2D eigenvalue weighted by Crippen LogP contribution is 1.63. The highest BCUT2D eigenvalue weighted by atomic mass is 32.1. The molecule has 0 rings (SSSR count). The molecule has 0 atom stereocenters. The van der Waals surface area contributed by atoms with Crippen molar-refractivity contribution in [1.29, 1.82) is 0 Å². The van der Waals surface area contributed by atoms with Crippen molar-refractivity contribution >= 4 is 19.1 Å². The van der Waals surface area contributed by atoms with Crippen molar-refractivity contribution < 1.29 is 9.53 Å². The lowest BCUT2D eigenvalue weighted by Crippen LogP contribution is -2.14. The summed E-state index contributed by atoms with van der Waals surface area (Å²) in [5.74, 6) is 0.522. The molecule has 0 fully saturated rings. The van der Waals surface area contributed by atoms with Crippen LogP contribution in [-0.2, 0) is 9.53 Å². The number of ether oxygens (including phenoxy) is 1. The molecule has 0 aliphatic rings. The maximum Gasteiger partial charge on any atom is 0.294 e. The predicted octanol–water partition coefficient (Wildman–Crippen LogP) is -0.406. The van der Waals surface area contributed by atoms with Gasteiger partial charge >= 0.3 is 0 Å². The summed E-state index contributed by atoms with van der Waals surface area (Å²) in [5.41, 5.74) is 0. The number of hydrogen-bond donors (Lipinski definition) is 2. The van der Waals surface area contributed by atoms with Gasteiger partial charge in [0.1, 0.15) is 6.73 Å². The Hall–Kier alpha value is -0.220. The second-order valence-electron chi connectivity index (χ2n) is 0.815. The molecule has 0 aromatic rings. The van der Waals surface area contributed by atoms with Crippen molar-refractivity contribution in [2.45, 2.75) is 0 Å². The second-order valence-corrected chi connectivity index (χ2v) is 1.13. The van der Waals surface area contributed by atoms with E-state index in [4.69, 9.17) is 0 Å². The summed E-state index contributed by atoms with van der Waals surface area (Å²) in [6.07, 6.45) is 0. The summed E-state index contributed by atoms with van der Waals surface area (Å²) in [4.78, 5) is 9.39. The van der Waals surface area contributed by atoms with Gasteiger partial charge in [-0.1, -0.05) is 0 Å². The second kappa shape index (κ2) is 5.78. The molecular formula is C3H7NO2S. The van der Waals surface area contributed by atoms with E-state index in [0.717, 1.165) is 0 Å². The van der Waals surface area contributed by atoms with Crippen LogP contribution in [0.4, 0.5) is 0 Å². The molecule has 7 heavy (non-hydrogen) atoms. The van der Waals surface area contributed by atoms with E-state index in [1.807, 2.05) is 0 Å². The zero-order chi connectivity index (χ0) is 5.54. The van der Waals surface area contributed by atoms with Crippen molar-refractivity contribution in [3.63, 3.8) is 0 Å². The van der Waals surface area contributed by atoms with Crippen LogP contribution in [0, 0.1) is 0 Å². The molecule has 0 bridgehead atoms. The SMILES string of the molecule is O=COCNCS. The van der Waals surface area contributed by atoms with Crippen molar-refractivity contribution in [1.82, 2.24) is 5.32 Å². The minimum atomic E-state index is 0.243. The van der Waals surface area contributed by atoms with Gasteiger partial charge in [0, 0.05) is 5.88 Å². The fraction of sp³-hybridized carbons (Fsp3) is 0.667. The van der Waals surface area contributed by atoms with E-state index in [1.165, 1.54) is 0 Å². The highest BCUT2D eigenvalue weighted by Gasteiger charge is 1.74. The van der Waals surface area contributed by atoms with E-state index in [2.05, 4.69) is 22.7 Å². The Kier molecular flexibility index (Phi) is 5.60. The average molecular weight is 121 g/mol. The largest absolute Gasteiger partial charge is 0.452 e. The molecule has 0 aromatic heterocycles. The summed E-state index contributed by atoms with van der Waals surface area (Å²) in [5, 5.41) is 2.66. The lowest BCUT2D eigenvalue weighted by Gasteiger charge is -1.94. The molecule has 0 unspecified atom stereocenters. The topological polar surface area (TPSA) is 38.3 Å². The molecule has 0 radical (unpaired) electrons. The first-order chi connectivity index (χ1) is 3.41. The smallest absolute Gasteiger partial charge is 0.294 e. The van der Waals surface area contributed by atoms with Gasteiger partial charge in [0.15, 0.2) is 0 Å². The van der Waals surface area contributed by atoms with Crippen LogP contribution in [-0.4, -0.2) is 19.1 Å². The summed E-state index contributed by atoms with van der Waals surface area (Å²) >= 11 is 3.79. The zero-order valence-corrected chi connectivity index (χ0v) is 4.65. The molecule has 0 saturated heterocycles. The highest BCUT2D eigenvalue weighted by molar-refractivity contribution is 7.80. The number of rotatable bonds is 4. The Morgan fingerprint density at radius 2 is 2.57 bits per heavy atom. The Morgan fingerprint density at radius 3 is 3.00 bits per heavy atom. The molecular weight excluding hydrogens is 114 g/mol. The van der Waals surface area contributed by atoms with Crippen molar-refractivity contribution in [3.05, 3.63) is 0 Å². The molecule has 3 nitrogen and oxygen atoms in total. The molecule has 0 spiro atoms. The number of hydrogen-bond acceptors (Lipinski definition) is 4. The van der Waals surface area contributed by atoms with Gasteiger partial charge in [-0.3, -0.25) is 10.1 Å².